The van der Waals surface area contributed by atoms with Crippen molar-refractivity contribution in [1.29, 1.82) is 0 Å². The molecule has 0 saturated heterocycles. The molecule has 0 aliphatic heterocycles. The Morgan fingerprint density at radius 2 is 1.75 bits per heavy atom. The lowest BCUT2D eigenvalue weighted by atomic mass is 10.2. The molecule has 0 spiro atoms. The smallest absolute Gasteiger partial charge is 0.255 e. The van der Waals surface area contributed by atoms with Crippen molar-refractivity contribution in [3.8, 4) is 0 Å². The Bertz CT molecular complexity index is 820. The molecule has 1 atom stereocenters. The first-order valence-electron chi connectivity index (χ1n) is 7.51. The molecular formula is C17H19BrN2O3S. The number of para-hydroxylation sites is 1. The zero-order valence-corrected chi connectivity index (χ0v) is 15.8. The number of halogens is 1. The van der Waals surface area contributed by atoms with Crippen LogP contribution < -0.4 is 10.0 Å². The summed E-state index contributed by atoms with van der Waals surface area (Å²) in [6.45, 7) is 3.71. The quantitative estimate of drug-likeness (QED) is 0.760. The van der Waals surface area contributed by atoms with Gasteiger partial charge in [0, 0.05) is 16.1 Å². The lowest BCUT2D eigenvalue weighted by Crippen LogP contribution is -2.32. The molecule has 0 aliphatic rings. The maximum atomic E-state index is 12.3. The van der Waals surface area contributed by atoms with Gasteiger partial charge >= 0.3 is 0 Å². The molecule has 1 unspecified atom stereocenters. The molecule has 2 aromatic carbocycles. The zero-order valence-electron chi connectivity index (χ0n) is 13.4. The van der Waals surface area contributed by atoms with Crippen molar-refractivity contribution in [2.45, 2.75) is 31.2 Å². The number of carbonyl (C=O) groups excluding carboxylic acids is 1. The highest BCUT2D eigenvalue weighted by Gasteiger charge is 2.17. The predicted octanol–water partition coefficient (Wildman–Crippen LogP) is 3.78. The van der Waals surface area contributed by atoms with Gasteiger partial charge in [0.15, 0.2) is 0 Å². The van der Waals surface area contributed by atoms with Crippen LogP contribution in [0.15, 0.2) is 57.9 Å². The molecule has 2 N–H and O–H groups in total. The summed E-state index contributed by atoms with van der Waals surface area (Å²) in [4.78, 5) is 12.4. The summed E-state index contributed by atoms with van der Waals surface area (Å²) in [6, 6.07) is 13.0. The van der Waals surface area contributed by atoms with E-state index in [1.54, 1.807) is 13.0 Å². The van der Waals surface area contributed by atoms with Gasteiger partial charge in [-0.1, -0.05) is 19.1 Å². The molecule has 0 bridgehead atoms. The number of hydrogen-bond acceptors (Lipinski definition) is 3. The van der Waals surface area contributed by atoms with Crippen LogP contribution in [-0.4, -0.2) is 20.4 Å². The Morgan fingerprint density at radius 3 is 2.33 bits per heavy atom. The van der Waals surface area contributed by atoms with Crippen molar-refractivity contribution in [2.24, 2.45) is 0 Å². The van der Waals surface area contributed by atoms with Crippen LogP contribution in [0.3, 0.4) is 0 Å². The van der Waals surface area contributed by atoms with Crippen LogP contribution in [0.5, 0.6) is 0 Å². The van der Waals surface area contributed by atoms with Gasteiger partial charge in [-0.15, -0.1) is 0 Å². The average Bonchev–Trinajstić information content (AvgIpc) is 2.56. The summed E-state index contributed by atoms with van der Waals surface area (Å²) in [7, 11) is -3.57. The third kappa shape index (κ3) is 4.66. The van der Waals surface area contributed by atoms with E-state index >= 15 is 0 Å². The summed E-state index contributed by atoms with van der Waals surface area (Å²) in [6.07, 6.45) is 0.700. The molecule has 5 nitrogen and oxygen atoms in total. The van der Waals surface area contributed by atoms with Crippen LogP contribution in [0.2, 0.25) is 0 Å². The van der Waals surface area contributed by atoms with Crippen LogP contribution >= 0.6 is 15.9 Å². The Kier molecular flexibility index (Phi) is 6.15. The molecule has 24 heavy (non-hydrogen) atoms. The first-order chi connectivity index (χ1) is 11.3. The number of carbonyl (C=O) groups is 1. The Labute approximate surface area is 150 Å². The summed E-state index contributed by atoms with van der Waals surface area (Å²) >= 11 is 3.36. The first-order valence-corrected chi connectivity index (χ1v) is 9.79. The fraction of sp³-hybridized carbons (Fsp3) is 0.235. The number of sulfonamides is 1. The molecule has 0 aliphatic carbocycles. The van der Waals surface area contributed by atoms with E-state index in [2.05, 4.69) is 26.0 Å². The van der Waals surface area contributed by atoms with E-state index < -0.39 is 10.0 Å². The van der Waals surface area contributed by atoms with Gasteiger partial charge in [-0.05, 0) is 65.7 Å². The number of nitrogens with one attached hydrogen (secondary N) is 2. The molecule has 2 rings (SSSR count). The third-order valence-electron chi connectivity index (χ3n) is 3.52. The van der Waals surface area contributed by atoms with Crippen molar-refractivity contribution >= 4 is 37.5 Å². The van der Waals surface area contributed by atoms with Gasteiger partial charge in [0.05, 0.1) is 10.6 Å². The topological polar surface area (TPSA) is 75.3 Å². The van der Waals surface area contributed by atoms with Gasteiger partial charge in [-0.3, -0.25) is 4.79 Å². The number of anilines is 1. The minimum absolute atomic E-state index is 0.139. The SMILES string of the molecule is CCC(C)NS(=O)(=O)c1ccc(C(=O)Nc2ccccc2Br)cc1. The molecule has 2 aromatic rings. The Morgan fingerprint density at radius 1 is 1.12 bits per heavy atom. The van der Waals surface area contributed by atoms with Gasteiger partial charge in [0.2, 0.25) is 10.0 Å². The zero-order chi connectivity index (χ0) is 17.7. The van der Waals surface area contributed by atoms with Crippen LogP contribution in [0.4, 0.5) is 5.69 Å². The lowest BCUT2D eigenvalue weighted by molar-refractivity contribution is 0.102. The molecule has 128 valence electrons. The number of benzene rings is 2. The maximum absolute atomic E-state index is 12.3. The molecule has 0 aromatic heterocycles. The summed E-state index contributed by atoms with van der Waals surface area (Å²) in [5, 5.41) is 2.78. The largest absolute Gasteiger partial charge is 0.321 e. The fourth-order valence-electron chi connectivity index (χ4n) is 1.96. The van der Waals surface area contributed by atoms with Crippen LogP contribution in [-0.2, 0) is 10.0 Å². The van der Waals surface area contributed by atoms with Gasteiger partial charge < -0.3 is 5.32 Å². The van der Waals surface area contributed by atoms with Crippen molar-refractivity contribution in [2.75, 3.05) is 5.32 Å². The van der Waals surface area contributed by atoms with E-state index in [1.165, 1.54) is 24.3 Å². The standard InChI is InChI=1S/C17H19BrN2O3S/c1-3-12(2)20-24(22,23)14-10-8-13(9-11-14)17(21)19-16-7-5-4-6-15(16)18/h4-12,20H,3H2,1-2H3,(H,19,21). The van der Waals surface area contributed by atoms with Crippen molar-refractivity contribution < 1.29 is 13.2 Å². The van der Waals surface area contributed by atoms with Crippen LogP contribution in [0.1, 0.15) is 30.6 Å². The lowest BCUT2D eigenvalue weighted by Gasteiger charge is -2.12. The molecule has 7 heteroatoms. The van der Waals surface area contributed by atoms with Gasteiger partial charge in [0.25, 0.3) is 5.91 Å². The summed E-state index contributed by atoms with van der Waals surface area (Å²) < 4.78 is 27.8. The van der Waals surface area contributed by atoms with Gasteiger partial charge in [0.1, 0.15) is 0 Å². The van der Waals surface area contributed by atoms with Crippen LogP contribution in [0, 0.1) is 0 Å². The van der Waals surface area contributed by atoms with Crippen molar-refractivity contribution in [3.63, 3.8) is 0 Å². The summed E-state index contributed by atoms with van der Waals surface area (Å²) in [5.74, 6) is -0.305. The highest BCUT2D eigenvalue weighted by molar-refractivity contribution is 9.10. The van der Waals surface area contributed by atoms with E-state index in [-0.39, 0.29) is 16.8 Å². The van der Waals surface area contributed by atoms with E-state index in [0.29, 0.717) is 17.7 Å². The second-order valence-corrected chi connectivity index (χ2v) is 7.96. The van der Waals surface area contributed by atoms with Gasteiger partial charge in [-0.25, -0.2) is 13.1 Å². The minimum Gasteiger partial charge on any atom is -0.321 e. The summed E-state index contributed by atoms with van der Waals surface area (Å²) in [5.41, 5.74) is 1.03. The molecule has 0 radical (unpaired) electrons. The molecule has 1 amide bonds. The van der Waals surface area contributed by atoms with E-state index in [1.807, 2.05) is 25.1 Å². The highest BCUT2D eigenvalue weighted by atomic mass is 79.9. The minimum atomic E-state index is -3.57. The Balaban J connectivity index is 2.14. The van der Waals surface area contributed by atoms with E-state index in [9.17, 15) is 13.2 Å². The fourth-order valence-corrected chi connectivity index (χ4v) is 3.67. The number of hydrogen-bond donors (Lipinski definition) is 2. The van der Waals surface area contributed by atoms with E-state index in [4.69, 9.17) is 0 Å². The third-order valence-corrected chi connectivity index (χ3v) is 5.81. The molecular weight excluding hydrogens is 392 g/mol. The number of amides is 1. The first kappa shape index (κ1) is 18.6. The monoisotopic (exact) mass is 410 g/mol. The van der Waals surface area contributed by atoms with Crippen molar-refractivity contribution in [1.82, 2.24) is 4.72 Å². The molecule has 0 fully saturated rings. The molecule has 0 heterocycles. The van der Waals surface area contributed by atoms with Gasteiger partial charge in [-0.2, -0.15) is 0 Å². The highest BCUT2D eigenvalue weighted by Crippen LogP contribution is 2.22. The second-order valence-electron chi connectivity index (χ2n) is 5.39. The van der Waals surface area contributed by atoms with Crippen LogP contribution in [0.25, 0.3) is 0 Å². The number of rotatable bonds is 6. The van der Waals surface area contributed by atoms with E-state index in [0.717, 1.165) is 4.47 Å². The average molecular weight is 411 g/mol. The Hall–Kier alpha value is -1.70. The predicted molar refractivity (Wildman–Crippen MR) is 98.6 cm³/mol. The second kappa shape index (κ2) is 7.92. The normalized spacial score (nSPS) is 12.6. The molecule has 0 saturated carbocycles. The maximum Gasteiger partial charge on any atom is 0.255 e. The van der Waals surface area contributed by atoms with Crippen molar-refractivity contribution in [3.05, 3.63) is 58.6 Å².